The average Bonchev–Trinajstić information content (AvgIpc) is 2.84. The Hall–Kier alpha value is -2.76. The molecule has 1 saturated heterocycles. The first-order valence-electron chi connectivity index (χ1n) is 11.6. The van der Waals surface area contributed by atoms with Crippen LogP contribution in [0.3, 0.4) is 0 Å². The molecule has 0 aliphatic carbocycles. The molecule has 2 aromatic carbocycles. The van der Waals surface area contributed by atoms with Crippen LogP contribution in [0.4, 0.5) is 5.82 Å². The fourth-order valence-corrected chi connectivity index (χ4v) is 4.51. The number of piperidine rings is 1. The first-order chi connectivity index (χ1) is 15.6. The number of anilines is 1. The molecule has 32 heavy (non-hydrogen) atoms. The van der Waals surface area contributed by atoms with Crippen LogP contribution in [0.5, 0.6) is 0 Å². The Bertz CT molecular complexity index is 928. The monoisotopic (exact) mass is 429 g/mol. The Morgan fingerprint density at radius 2 is 1.59 bits per heavy atom. The van der Waals surface area contributed by atoms with Gasteiger partial charge in [-0.15, -0.1) is 0 Å². The van der Waals surface area contributed by atoms with E-state index < -0.39 is 0 Å². The maximum atomic E-state index is 5.01. The second-order valence-electron chi connectivity index (χ2n) is 9.08. The minimum absolute atomic E-state index is 0.307. The molecule has 1 aliphatic heterocycles. The normalized spacial score (nSPS) is 16.5. The van der Waals surface area contributed by atoms with Gasteiger partial charge in [-0.05, 0) is 37.6 Å². The van der Waals surface area contributed by atoms with Crippen LogP contribution in [0.1, 0.15) is 47.3 Å². The smallest absolute Gasteiger partial charge is 0.144 e. The Kier molecular flexibility index (Phi) is 7.51. The van der Waals surface area contributed by atoms with Crippen LogP contribution in [-0.2, 0) is 6.54 Å². The molecule has 0 radical (unpaired) electrons. The Labute approximate surface area is 192 Å². The molecule has 1 atom stereocenters. The molecule has 2 heterocycles. The van der Waals surface area contributed by atoms with Crippen molar-refractivity contribution in [2.24, 2.45) is 0 Å². The predicted octanol–water partition coefficient (Wildman–Crippen LogP) is 4.27. The van der Waals surface area contributed by atoms with E-state index in [0.29, 0.717) is 11.8 Å². The van der Waals surface area contributed by atoms with Gasteiger partial charge in [0, 0.05) is 45.1 Å². The highest BCUT2D eigenvalue weighted by atomic mass is 15.2. The van der Waals surface area contributed by atoms with Crippen LogP contribution >= 0.6 is 0 Å². The molecule has 0 spiro atoms. The van der Waals surface area contributed by atoms with Gasteiger partial charge >= 0.3 is 0 Å². The van der Waals surface area contributed by atoms with Gasteiger partial charge in [0.05, 0.1) is 12.2 Å². The lowest BCUT2D eigenvalue weighted by Crippen LogP contribution is -2.30. The number of nitrogens with zero attached hydrogens (tertiary/aromatic N) is 4. The zero-order chi connectivity index (χ0) is 22.3. The number of likely N-dealkylation sites (N-methyl/N-ethyl adjacent to an activating group) is 1. The van der Waals surface area contributed by atoms with Gasteiger partial charge in [-0.1, -0.05) is 60.7 Å². The summed E-state index contributed by atoms with van der Waals surface area (Å²) in [5, 5.41) is 3.52. The third-order valence-corrected chi connectivity index (χ3v) is 6.26. The predicted molar refractivity (Wildman–Crippen MR) is 132 cm³/mol. The van der Waals surface area contributed by atoms with Gasteiger partial charge in [-0.2, -0.15) is 0 Å². The van der Waals surface area contributed by atoms with E-state index in [1.807, 2.05) is 0 Å². The largest absolute Gasteiger partial charge is 0.363 e. The van der Waals surface area contributed by atoms with E-state index >= 15 is 0 Å². The van der Waals surface area contributed by atoms with Crippen molar-refractivity contribution in [2.75, 3.05) is 45.7 Å². The standard InChI is InChI=1S/C27H35N5/c1-31(2)27-17-25(23-15-10-16-28-18-23)29-26(30-27)20-32(3)19-24(21-11-6-4-7-12-21)22-13-8-5-9-14-22/h4-9,11-14,17,23-24,28H,10,15-16,18-20H2,1-3H3/t23-/m1/s1. The summed E-state index contributed by atoms with van der Waals surface area (Å²) in [6.07, 6.45) is 2.40. The summed E-state index contributed by atoms with van der Waals surface area (Å²) < 4.78 is 0. The lowest BCUT2D eigenvalue weighted by molar-refractivity contribution is 0.307. The average molecular weight is 430 g/mol. The fourth-order valence-electron chi connectivity index (χ4n) is 4.51. The highest BCUT2D eigenvalue weighted by Crippen LogP contribution is 2.27. The van der Waals surface area contributed by atoms with Gasteiger partial charge in [0.1, 0.15) is 11.6 Å². The number of hydrogen-bond acceptors (Lipinski definition) is 5. The van der Waals surface area contributed by atoms with Gasteiger partial charge < -0.3 is 10.2 Å². The molecule has 3 aromatic rings. The van der Waals surface area contributed by atoms with Gasteiger partial charge in [0.15, 0.2) is 0 Å². The van der Waals surface area contributed by atoms with Crippen LogP contribution in [0.25, 0.3) is 0 Å². The minimum Gasteiger partial charge on any atom is -0.363 e. The molecular weight excluding hydrogens is 394 g/mol. The van der Waals surface area contributed by atoms with E-state index in [1.165, 1.54) is 29.7 Å². The van der Waals surface area contributed by atoms with Crippen molar-refractivity contribution in [3.05, 3.63) is 89.4 Å². The zero-order valence-corrected chi connectivity index (χ0v) is 19.5. The Balaban J connectivity index is 1.55. The summed E-state index contributed by atoms with van der Waals surface area (Å²) in [5.74, 6) is 2.67. The second-order valence-corrected chi connectivity index (χ2v) is 9.08. The van der Waals surface area contributed by atoms with E-state index in [0.717, 1.165) is 37.8 Å². The molecule has 4 rings (SSSR count). The van der Waals surface area contributed by atoms with E-state index in [-0.39, 0.29) is 0 Å². The van der Waals surface area contributed by atoms with Gasteiger partial charge in [0.25, 0.3) is 0 Å². The molecule has 1 N–H and O–H groups in total. The highest BCUT2D eigenvalue weighted by Gasteiger charge is 2.21. The van der Waals surface area contributed by atoms with Crippen LogP contribution in [0.2, 0.25) is 0 Å². The van der Waals surface area contributed by atoms with E-state index in [1.54, 1.807) is 0 Å². The van der Waals surface area contributed by atoms with E-state index in [4.69, 9.17) is 9.97 Å². The summed E-state index contributed by atoms with van der Waals surface area (Å²) in [6, 6.07) is 23.7. The number of nitrogens with one attached hydrogen (secondary N) is 1. The lowest BCUT2D eigenvalue weighted by Gasteiger charge is -2.26. The van der Waals surface area contributed by atoms with Gasteiger partial charge in [0.2, 0.25) is 0 Å². The number of hydrogen-bond donors (Lipinski definition) is 1. The molecule has 1 aliphatic rings. The van der Waals surface area contributed by atoms with Crippen LogP contribution < -0.4 is 10.2 Å². The van der Waals surface area contributed by atoms with Crippen molar-refractivity contribution in [3.63, 3.8) is 0 Å². The maximum Gasteiger partial charge on any atom is 0.144 e. The summed E-state index contributed by atoms with van der Waals surface area (Å²) in [4.78, 5) is 14.3. The lowest BCUT2D eigenvalue weighted by atomic mass is 9.91. The van der Waals surface area contributed by atoms with Crippen molar-refractivity contribution < 1.29 is 0 Å². The molecule has 1 aromatic heterocycles. The maximum absolute atomic E-state index is 5.01. The third-order valence-electron chi connectivity index (χ3n) is 6.26. The first kappa shape index (κ1) is 22.4. The molecule has 168 valence electrons. The minimum atomic E-state index is 0.307. The van der Waals surface area contributed by atoms with Crippen molar-refractivity contribution >= 4 is 5.82 Å². The molecule has 5 nitrogen and oxygen atoms in total. The fraction of sp³-hybridized carbons (Fsp3) is 0.407. The molecule has 0 unspecified atom stereocenters. The van der Waals surface area contributed by atoms with Crippen LogP contribution in [-0.4, -0.2) is 55.6 Å². The molecular formula is C27H35N5. The first-order valence-corrected chi connectivity index (χ1v) is 11.6. The van der Waals surface area contributed by atoms with E-state index in [9.17, 15) is 0 Å². The summed E-state index contributed by atoms with van der Waals surface area (Å²) in [5.41, 5.74) is 3.84. The Morgan fingerprint density at radius 1 is 0.938 bits per heavy atom. The topological polar surface area (TPSA) is 44.3 Å². The van der Waals surface area contributed by atoms with Gasteiger partial charge in [-0.3, -0.25) is 4.90 Å². The van der Waals surface area contributed by atoms with Crippen molar-refractivity contribution in [1.29, 1.82) is 0 Å². The van der Waals surface area contributed by atoms with Crippen molar-refractivity contribution in [1.82, 2.24) is 20.2 Å². The summed E-state index contributed by atoms with van der Waals surface area (Å²) >= 11 is 0. The second kappa shape index (κ2) is 10.7. The van der Waals surface area contributed by atoms with Crippen LogP contribution in [0.15, 0.2) is 66.7 Å². The third kappa shape index (κ3) is 5.72. The quantitative estimate of drug-likeness (QED) is 0.579. The molecule has 0 amide bonds. The molecule has 1 fully saturated rings. The highest BCUT2D eigenvalue weighted by molar-refractivity contribution is 5.39. The molecule has 0 bridgehead atoms. The zero-order valence-electron chi connectivity index (χ0n) is 19.5. The molecule has 0 saturated carbocycles. The number of rotatable bonds is 8. The van der Waals surface area contributed by atoms with Crippen molar-refractivity contribution in [2.45, 2.75) is 31.2 Å². The Morgan fingerprint density at radius 3 is 2.16 bits per heavy atom. The molecule has 5 heteroatoms. The number of benzene rings is 2. The SMILES string of the molecule is CN(Cc1nc([C@@H]2CCCNC2)cc(N(C)C)n1)CC(c1ccccc1)c1ccccc1. The van der Waals surface area contributed by atoms with Crippen LogP contribution in [0, 0.1) is 0 Å². The summed E-state index contributed by atoms with van der Waals surface area (Å²) in [7, 11) is 6.28. The van der Waals surface area contributed by atoms with Gasteiger partial charge in [-0.25, -0.2) is 9.97 Å². The summed E-state index contributed by atoms with van der Waals surface area (Å²) in [6.45, 7) is 3.75. The van der Waals surface area contributed by atoms with E-state index in [2.05, 4.69) is 103 Å². The van der Waals surface area contributed by atoms with Crippen molar-refractivity contribution in [3.8, 4) is 0 Å². The number of aromatic nitrogens is 2.